The fourth-order valence-corrected chi connectivity index (χ4v) is 2.58. The maximum atomic E-state index is 12.2. The first kappa shape index (κ1) is 13.8. The first-order chi connectivity index (χ1) is 7.25. The zero-order valence-electron chi connectivity index (χ0n) is 10.8. The van der Waals surface area contributed by atoms with Crippen molar-refractivity contribution in [1.82, 2.24) is 5.32 Å². The topological polar surface area (TPSA) is 55.1 Å². The van der Waals surface area contributed by atoms with Crippen molar-refractivity contribution < 1.29 is 4.79 Å². The average Bonchev–Trinajstić information content (AvgIpc) is 2.17. The van der Waals surface area contributed by atoms with Gasteiger partial charge in [-0.15, -0.1) is 0 Å². The molecule has 0 saturated carbocycles. The minimum atomic E-state index is -0.533. The van der Waals surface area contributed by atoms with Crippen molar-refractivity contribution in [2.24, 2.45) is 11.1 Å². The Morgan fingerprint density at radius 3 is 2.44 bits per heavy atom. The van der Waals surface area contributed by atoms with Gasteiger partial charge < -0.3 is 11.1 Å². The monoisotopic (exact) mass is 244 g/mol. The Morgan fingerprint density at radius 2 is 2.00 bits per heavy atom. The third kappa shape index (κ3) is 3.14. The predicted octanol–water partition coefficient (Wildman–Crippen LogP) is 1.76. The molecule has 0 spiro atoms. The fraction of sp³-hybridized carbons (Fsp3) is 0.917. The van der Waals surface area contributed by atoms with Gasteiger partial charge in [0.2, 0.25) is 5.91 Å². The number of carbonyl (C=O) groups is 1. The van der Waals surface area contributed by atoms with Crippen molar-refractivity contribution in [1.29, 1.82) is 0 Å². The number of amides is 1. The second-order valence-corrected chi connectivity index (χ2v) is 6.88. The van der Waals surface area contributed by atoms with Gasteiger partial charge in [0.15, 0.2) is 0 Å². The number of nitrogens with two attached hydrogens (primary N) is 1. The Hall–Kier alpha value is -0.220. The molecule has 1 fully saturated rings. The summed E-state index contributed by atoms with van der Waals surface area (Å²) >= 11 is 1.92. The number of thioether (sulfide) groups is 1. The van der Waals surface area contributed by atoms with Gasteiger partial charge in [0.05, 0.1) is 5.41 Å². The Morgan fingerprint density at radius 1 is 1.38 bits per heavy atom. The quantitative estimate of drug-likeness (QED) is 0.795. The number of rotatable bonds is 3. The summed E-state index contributed by atoms with van der Waals surface area (Å²) < 4.78 is 0. The van der Waals surface area contributed by atoms with Crippen LogP contribution in [0.1, 0.15) is 40.5 Å². The van der Waals surface area contributed by atoms with E-state index in [9.17, 15) is 4.79 Å². The predicted molar refractivity (Wildman–Crippen MR) is 70.5 cm³/mol. The molecule has 94 valence electrons. The molecule has 1 rings (SSSR count). The van der Waals surface area contributed by atoms with E-state index in [1.54, 1.807) is 0 Å². The molecule has 16 heavy (non-hydrogen) atoms. The summed E-state index contributed by atoms with van der Waals surface area (Å²) in [7, 11) is 0. The average molecular weight is 244 g/mol. The van der Waals surface area contributed by atoms with Crippen LogP contribution in [-0.2, 0) is 4.79 Å². The van der Waals surface area contributed by atoms with Crippen LogP contribution in [0.25, 0.3) is 0 Å². The van der Waals surface area contributed by atoms with Crippen molar-refractivity contribution >= 4 is 17.7 Å². The molecule has 1 amide bonds. The van der Waals surface area contributed by atoms with Crippen LogP contribution in [0.3, 0.4) is 0 Å². The van der Waals surface area contributed by atoms with Crippen molar-refractivity contribution in [2.45, 2.75) is 52.1 Å². The van der Waals surface area contributed by atoms with E-state index in [-0.39, 0.29) is 5.91 Å². The van der Waals surface area contributed by atoms with Gasteiger partial charge in [-0.2, -0.15) is 11.8 Å². The lowest BCUT2D eigenvalue weighted by Gasteiger charge is -2.38. The van der Waals surface area contributed by atoms with Crippen LogP contribution in [0.2, 0.25) is 0 Å². The van der Waals surface area contributed by atoms with Gasteiger partial charge >= 0.3 is 0 Å². The van der Waals surface area contributed by atoms with E-state index >= 15 is 0 Å². The highest BCUT2D eigenvalue weighted by Crippen LogP contribution is 2.29. The third-order valence-electron chi connectivity index (χ3n) is 3.67. The third-order valence-corrected chi connectivity index (χ3v) is 4.89. The van der Waals surface area contributed by atoms with E-state index < -0.39 is 11.0 Å². The van der Waals surface area contributed by atoms with Crippen molar-refractivity contribution in [3.05, 3.63) is 0 Å². The van der Waals surface area contributed by atoms with E-state index in [1.807, 2.05) is 39.5 Å². The van der Waals surface area contributed by atoms with E-state index in [0.717, 1.165) is 12.2 Å². The van der Waals surface area contributed by atoms with Crippen LogP contribution in [0.4, 0.5) is 0 Å². The van der Waals surface area contributed by atoms with Crippen LogP contribution in [-0.4, -0.2) is 29.0 Å². The standard InChI is InChI=1S/C12H24N2OS/c1-11(2,12(3,4)13)10(15)14-9-6-5-7-16-8-9/h9H,5-8,13H2,1-4H3,(H,14,15). The lowest BCUT2D eigenvalue weighted by Crippen LogP contribution is -2.57. The Bertz CT molecular complexity index is 252. The summed E-state index contributed by atoms with van der Waals surface area (Å²) in [6.45, 7) is 7.64. The summed E-state index contributed by atoms with van der Waals surface area (Å²) in [6.07, 6.45) is 2.29. The van der Waals surface area contributed by atoms with Gasteiger partial charge in [0.1, 0.15) is 0 Å². The van der Waals surface area contributed by atoms with E-state index in [4.69, 9.17) is 5.73 Å². The molecule has 0 aromatic heterocycles. The molecule has 1 aliphatic heterocycles. The molecule has 4 heteroatoms. The van der Waals surface area contributed by atoms with E-state index in [2.05, 4.69) is 5.32 Å². The van der Waals surface area contributed by atoms with Crippen molar-refractivity contribution in [3.63, 3.8) is 0 Å². The highest BCUT2D eigenvalue weighted by Gasteiger charge is 2.41. The molecule has 1 atom stereocenters. The molecule has 1 heterocycles. The molecule has 1 saturated heterocycles. The molecule has 0 aliphatic carbocycles. The Labute approximate surface area is 103 Å². The smallest absolute Gasteiger partial charge is 0.227 e. The number of carbonyl (C=O) groups excluding carboxylic acids is 1. The van der Waals surface area contributed by atoms with E-state index in [0.29, 0.717) is 6.04 Å². The van der Waals surface area contributed by atoms with Gasteiger partial charge in [0.25, 0.3) is 0 Å². The molecule has 0 aromatic carbocycles. The first-order valence-corrected chi connectivity index (χ1v) is 7.08. The Kier molecular flexibility index (Phi) is 4.29. The minimum Gasteiger partial charge on any atom is -0.352 e. The Balaban J connectivity index is 2.57. The maximum Gasteiger partial charge on any atom is 0.227 e. The van der Waals surface area contributed by atoms with Gasteiger partial charge in [-0.25, -0.2) is 0 Å². The normalized spacial score (nSPS) is 22.9. The first-order valence-electron chi connectivity index (χ1n) is 5.93. The molecule has 1 unspecified atom stereocenters. The van der Waals surface area contributed by atoms with Crippen LogP contribution < -0.4 is 11.1 Å². The van der Waals surface area contributed by atoms with Gasteiger partial charge in [-0.05, 0) is 46.3 Å². The minimum absolute atomic E-state index is 0.0764. The fourth-order valence-electron chi connectivity index (χ4n) is 1.51. The summed E-state index contributed by atoms with van der Waals surface area (Å²) in [5.41, 5.74) is 5.02. The second-order valence-electron chi connectivity index (χ2n) is 5.73. The SMILES string of the molecule is CC(C)(N)C(C)(C)C(=O)NC1CCCSC1. The molecule has 0 bridgehead atoms. The number of nitrogens with one attached hydrogen (secondary N) is 1. The summed E-state index contributed by atoms with van der Waals surface area (Å²) in [6, 6.07) is 0.327. The van der Waals surface area contributed by atoms with Crippen LogP contribution in [0, 0.1) is 5.41 Å². The lowest BCUT2D eigenvalue weighted by molar-refractivity contribution is -0.132. The van der Waals surface area contributed by atoms with Gasteiger partial charge in [0, 0.05) is 17.3 Å². The van der Waals surface area contributed by atoms with Crippen molar-refractivity contribution in [2.75, 3.05) is 11.5 Å². The molecule has 0 radical (unpaired) electrons. The molecule has 3 nitrogen and oxygen atoms in total. The number of hydrogen-bond donors (Lipinski definition) is 2. The van der Waals surface area contributed by atoms with Gasteiger partial charge in [-0.1, -0.05) is 0 Å². The lowest BCUT2D eigenvalue weighted by atomic mass is 9.74. The maximum absolute atomic E-state index is 12.2. The summed E-state index contributed by atoms with van der Waals surface area (Å²) in [5, 5.41) is 3.13. The summed E-state index contributed by atoms with van der Waals surface area (Å²) in [5.74, 6) is 2.33. The highest BCUT2D eigenvalue weighted by atomic mass is 32.2. The molecule has 1 aliphatic rings. The zero-order valence-corrected chi connectivity index (χ0v) is 11.6. The zero-order chi connectivity index (χ0) is 12.4. The van der Waals surface area contributed by atoms with Crippen LogP contribution >= 0.6 is 11.8 Å². The molecular formula is C12H24N2OS. The molecular weight excluding hydrogens is 220 g/mol. The number of hydrogen-bond acceptors (Lipinski definition) is 3. The van der Waals surface area contributed by atoms with E-state index in [1.165, 1.54) is 12.2 Å². The van der Waals surface area contributed by atoms with Crippen LogP contribution in [0.5, 0.6) is 0 Å². The molecule has 0 aromatic rings. The van der Waals surface area contributed by atoms with Crippen LogP contribution in [0.15, 0.2) is 0 Å². The van der Waals surface area contributed by atoms with Crippen molar-refractivity contribution in [3.8, 4) is 0 Å². The summed E-state index contributed by atoms with van der Waals surface area (Å²) in [4.78, 5) is 12.2. The second kappa shape index (κ2) is 4.96. The largest absolute Gasteiger partial charge is 0.352 e. The molecule has 3 N–H and O–H groups in total. The highest BCUT2D eigenvalue weighted by molar-refractivity contribution is 7.99. The van der Waals surface area contributed by atoms with Gasteiger partial charge in [-0.3, -0.25) is 4.79 Å².